The van der Waals surface area contributed by atoms with Crippen LogP contribution in [0.5, 0.6) is 5.75 Å². The molecule has 2 nitrogen and oxygen atoms in total. The van der Waals surface area contributed by atoms with Gasteiger partial charge in [-0.1, -0.05) is 39.7 Å². The van der Waals surface area contributed by atoms with Gasteiger partial charge in [0.05, 0.1) is 7.11 Å². The van der Waals surface area contributed by atoms with E-state index in [2.05, 4.69) is 6.92 Å². The molecule has 0 aromatic heterocycles. The molecule has 1 aromatic rings. The van der Waals surface area contributed by atoms with Gasteiger partial charge in [0, 0.05) is 11.3 Å². The molecule has 0 amide bonds. The van der Waals surface area contributed by atoms with Crippen LogP contribution in [0.4, 0.5) is 8.78 Å². The molecule has 0 bridgehead atoms. The van der Waals surface area contributed by atoms with Crippen molar-refractivity contribution in [3.8, 4) is 5.75 Å². The SMILES string of the molecule is CC.COc1ccc(/C(N)=C/C2CCC(C)CC2)c(F)c1F. The molecule has 1 saturated carbocycles. The summed E-state index contributed by atoms with van der Waals surface area (Å²) in [5.41, 5.74) is 6.36. The highest BCUT2D eigenvalue weighted by atomic mass is 19.2. The first kappa shape index (κ1) is 18.5. The van der Waals surface area contributed by atoms with Crippen LogP contribution in [0, 0.1) is 23.5 Å². The standard InChI is InChI=1S/C16H21F2NO.C2H6/c1-10-3-5-11(6-4-10)9-13(19)12-7-8-14(20-2)16(18)15(12)17;1-2/h7-11H,3-6,19H2,1-2H3;1-2H3/b13-9-;. The predicted octanol–water partition coefficient (Wildman–Crippen LogP) is 5.13. The summed E-state index contributed by atoms with van der Waals surface area (Å²) < 4.78 is 32.4. The summed E-state index contributed by atoms with van der Waals surface area (Å²) in [7, 11) is 1.31. The number of hydrogen-bond acceptors (Lipinski definition) is 2. The quantitative estimate of drug-likeness (QED) is 0.840. The predicted molar refractivity (Wildman–Crippen MR) is 87.5 cm³/mol. The third-order valence-corrected chi connectivity index (χ3v) is 4.05. The summed E-state index contributed by atoms with van der Waals surface area (Å²) in [4.78, 5) is 0. The molecule has 1 aliphatic carbocycles. The van der Waals surface area contributed by atoms with Crippen molar-refractivity contribution in [3.63, 3.8) is 0 Å². The smallest absolute Gasteiger partial charge is 0.201 e. The summed E-state index contributed by atoms with van der Waals surface area (Å²) in [5.74, 6) is -0.932. The fraction of sp³-hybridized carbons (Fsp3) is 0.556. The molecule has 0 heterocycles. The molecule has 1 fully saturated rings. The van der Waals surface area contributed by atoms with Crippen LogP contribution >= 0.6 is 0 Å². The van der Waals surface area contributed by atoms with E-state index in [9.17, 15) is 8.78 Å². The zero-order chi connectivity index (χ0) is 16.7. The molecule has 0 aliphatic heterocycles. The molecular weight excluding hydrogens is 284 g/mol. The number of allylic oxidation sites excluding steroid dienone is 1. The minimum atomic E-state index is -0.987. The Morgan fingerprint density at radius 3 is 2.27 bits per heavy atom. The molecule has 0 atom stereocenters. The van der Waals surface area contributed by atoms with Crippen molar-refractivity contribution in [3.05, 3.63) is 35.4 Å². The molecule has 0 saturated heterocycles. The van der Waals surface area contributed by atoms with E-state index >= 15 is 0 Å². The second kappa shape index (κ2) is 8.76. The van der Waals surface area contributed by atoms with E-state index in [1.54, 1.807) is 0 Å². The lowest BCUT2D eigenvalue weighted by atomic mass is 9.82. The van der Waals surface area contributed by atoms with Crippen molar-refractivity contribution < 1.29 is 13.5 Å². The first-order valence-corrected chi connectivity index (χ1v) is 8.02. The minimum absolute atomic E-state index is 0.106. The number of halogens is 2. The van der Waals surface area contributed by atoms with Gasteiger partial charge in [-0.05, 0) is 36.8 Å². The van der Waals surface area contributed by atoms with Gasteiger partial charge in [-0.2, -0.15) is 4.39 Å². The molecule has 4 heteroatoms. The fourth-order valence-electron chi connectivity index (χ4n) is 2.71. The van der Waals surface area contributed by atoms with E-state index in [0.29, 0.717) is 11.6 Å². The fourth-order valence-corrected chi connectivity index (χ4v) is 2.71. The Kier molecular flexibility index (Phi) is 7.36. The summed E-state index contributed by atoms with van der Waals surface area (Å²) in [6.45, 7) is 6.24. The number of rotatable bonds is 3. The molecule has 1 aromatic carbocycles. The highest BCUT2D eigenvalue weighted by molar-refractivity contribution is 5.64. The molecule has 0 unspecified atom stereocenters. The van der Waals surface area contributed by atoms with Crippen LogP contribution in [0.3, 0.4) is 0 Å². The Labute approximate surface area is 132 Å². The lowest BCUT2D eigenvalue weighted by molar-refractivity contribution is 0.331. The van der Waals surface area contributed by atoms with Gasteiger partial charge in [0.15, 0.2) is 11.6 Å². The maximum absolute atomic E-state index is 13.9. The van der Waals surface area contributed by atoms with E-state index in [4.69, 9.17) is 10.5 Å². The van der Waals surface area contributed by atoms with Crippen molar-refractivity contribution in [1.82, 2.24) is 0 Å². The number of nitrogens with two attached hydrogens (primary N) is 1. The molecule has 0 radical (unpaired) electrons. The Balaban J connectivity index is 0.00000116. The molecule has 2 N–H and O–H groups in total. The molecule has 22 heavy (non-hydrogen) atoms. The highest BCUT2D eigenvalue weighted by Gasteiger charge is 2.19. The van der Waals surface area contributed by atoms with E-state index in [1.165, 1.54) is 19.2 Å². The Bertz CT molecular complexity index is 506. The molecule has 124 valence electrons. The van der Waals surface area contributed by atoms with Crippen molar-refractivity contribution >= 4 is 5.70 Å². The van der Waals surface area contributed by atoms with E-state index in [1.807, 2.05) is 19.9 Å². The van der Waals surface area contributed by atoms with Crippen LogP contribution in [-0.4, -0.2) is 7.11 Å². The number of ether oxygens (including phenoxy) is 1. The van der Waals surface area contributed by atoms with Crippen molar-refractivity contribution in [2.75, 3.05) is 7.11 Å². The van der Waals surface area contributed by atoms with Gasteiger partial charge in [0.2, 0.25) is 5.82 Å². The van der Waals surface area contributed by atoms with Crippen LogP contribution in [0.2, 0.25) is 0 Å². The lowest BCUT2D eigenvalue weighted by Crippen LogP contribution is -2.12. The molecular formula is C18H27F2NO. The van der Waals surface area contributed by atoms with Gasteiger partial charge in [-0.3, -0.25) is 0 Å². The Morgan fingerprint density at radius 1 is 1.14 bits per heavy atom. The summed E-state index contributed by atoms with van der Waals surface area (Å²) in [5, 5.41) is 0. The maximum Gasteiger partial charge on any atom is 0.201 e. The average Bonchev–Trinajstić information content (AvgIpc) is 2.54. The van der Waals surface area contributed by atoms with E-state index in [-0.39, 0.29) is 11.3 Å². The molecule has 0 spiro atoms. The van der Waals surface area contributed by atoms with E-state index < -0.39 is 11.6 Å². The lowest BCUT2D eigenvalue weighted by Gasteiger charge is -2.24. The van der Waals surface area contributed by atoms with Crippen LogP contribution in [0.15, 0.2) is 18.2 Å². The van der Waals surface area contributed by atoms with Crippen LogP contribution in [0.1, 0.15) is 52.0 Å². The second-order valence-corrected chi connectivity index (χ2v) is 5.59. The number of hydrogen-bond donors (Lipinski definition) is 1. The number of methoxy groups -OCH3 is 1. The summed E-state index contributed by atoms with van der Waals surface area (Å²) >= 11 is 0. The molecule has 2 rings (SSSR count). The largest absolute Gasteiger partial charge is 0.494 e. The molecule has 1 aliphatic rings. The Hall–Kier alpha value is -1.58. The average molecular weight is 311 g/mol. The van der Waals surface area contributed by atoms with Gasteiger partial charge >= 0.3 is 0 Å². The van der Waals surface area contributed by atoms with Gasteiger partial charge in [0.25, 0.3) is 0 Å². The van der Waals surface area contributed by atoms with Gasteiger partial charge in [0.1, 0.15) is 0 Å². The van der Waals surface area contributed by atoms with Gasteiger partial charge in [-0.25, -0.2) is 4.39 Å². The van der Waals surface area contributed by atoms with Gasteiger partial charge in [-0.15, -0.1) is 0 Å². The third-order valence-electron chi connectivity index (χ3n) is 4.05. The zero-order valence-electron chi connectivity index (χ0n) is 14.0. The van der Waals surface area contributed by atoms with Crippen LogP contribution in [-0.2, 0) is 0 Å². The van der Waals surface area contributed by atoms with Crippen molar-refractivity contribution in [2.24, 2.45) is 17.6 Å². The van der Waals surface area contributed by atoms with E-state index in [0.717, 1.165) is 31.6 Å². The van der Waals surface area contributed by atoms with Gasteiger partial charge < -0.3 is 10.5 Å². The highest BCUT2D eigenvalue weighted by Crippen LogP contribution is 2.31. The first-order valence-electron chi connectivity index (χ1n) is 8.02. The van der Waals surface area contributed by atoms with Crippen molar-refractivity contribution in [1.29, 1.82) is 0 Å². The Morgan fingerprint density at radius 2 is 1.73 bits per heavy atom. The minimum Gasteiger partial charge on any atom is -0.494 e. The summed E-state index contributed by atoms with van der Waals surface area (Å²) in [6.07, 6.45) is 6.31. The van der Waals surface area contributed by atoms with Crippen LogP contribution in [0.25, 0.3) is 5.70 Å². The van der Waals surface area contributed by atoms with Crippen LogP contribution < -0.4 is 10.5 Å². The summed E-state index contributed by atoms with van der Waals surface area (Å²) in [6, 6.07) is 2.87. The second-order valence-electron chi connectivity index (χ2n) is 5.59. The number of benzene rings is 1. The third kappa shape index (κ3) is 4.46. The first-order chi connectivity index (χ1) is 10.5. The normalized spacial score (nSPS) is 21.8. The monoisotopic (exact) mass is 311 g/mol. The topological polar surface area (TPSA) is 35.2 Å². The zero-order valence-corrected chi connectivity index (χ0v) is 14.0. The maximum atomic E-state index is 13.9. The van der Waals surface area contributed by atoms with Crippen molar-refractivity contribution in [2.45, 2.75) is 46.5 Å².